The van der Waals surface area contributed by atoms with Crippen LogP contribution < -0.4 is 22.8 Å². The van der Waals surface area contributed by atoms with E-state index in [0.717, 1.165) is 37.0 Å². The standard InChI is InChI=1S/C21H23FN4O2S/c1-10-17(16-7-13-12(8-23)3-2-4-15(13)29-16)14(22)9-25-19(10)18(11-5-6-11)20(27)26(24)21(25)28/h7,9,11-12H,2-6,8,23-24H2,1H3. The lowest BCUT2D eigenvalue weighted by atomic mass is 9.87. The lowest BCUT2D eigenvalue weighted by Crippen LogP contribution is -2.44. The number of nitrogens with two attached hydrogens (primary N) is 2. The van der Waals surface area contributed by atoms with Crippen LogP contribution in [-0.4, -0.2) is 15.6 Å². The average molecular weight is 415 g/mol. The summed E-state index contributed by atoms with van der Waals surface area (Å²) in [7, 11) is 0. The van der Waals surface area contributed by atoms with Crippen molar-refractivity contribution >= 4 is 16.9 Å². The van der Waals surface area contributed by atoms with Crippen LogP contribution in [0.5, 0.6) is 0 Å². The summed E-state index contributed by atoms with van der Waals surface area (Å²) in [5.41, 5.74) is 8.07. The molecule has 29 heavy (non-hydrogen) atoms. The van der Waals surface area contributed by atoms with Crippen LogP contribution in [0.3, 0.4) is 0 Å². The molecule has 152 valence electrons. The van der Waals surface area contributed by atoms with Gasteiger partial charge in [-0.1, -0.05) is 0 Å². The van der Waals surface area contributed by atoms with Crippen molar-refractivity contribution in [3.8, 4) is 10.4 Å². The first-order valence-corrected chi connectivity index (χ1v) is 10.8. The van der Waals surface area contributed by atoms with Crippen molar-refractivity contribution in [2.45, 2.75) is 50.9 Å². The first-order chi connectivity index (χ1) is 13.9. The van der Waals surface area contributed by atoms with Crippen molar-refractivity contribution in [2.75, 3.05) is 12.4 Å². The van der Waals surface area contributed by atoms with E-state index in [0.29, 0.717) is 39.3 Å². The van der Waals surface area contributed by atoms with E-state index in [2.05, 4.69) is 6.07 Å². The number of nitrogens with zero attached hydrogens (tertiary/aromatic N) is 2. The summed E-state index contributed by atoms with van der Waals surface area (Å²) in [5, 5.41) is 0. The third kappa shape index (κ3) is 2.69. The molecule has 4 N–H and O–H groups in total. The van der Waals surface area contributed by atoms with E-state index in [9.17, 15) is 9.59 Å². The predicted octanol–water partition coefficient (Wildman–Crippen LogP) is 2.61. The van der Waals surface area contributed by atoms with Crippen LogP contribution in [0.2, 0.25) is 0 Å². The number of hydrogen-bond donors (Lipinski definition) is 2. The molecule has 2 aliphatic rings. The van der Waals surface area contributed by atoms with Gasteiger partial charge in [0, 0.05) is 20.9 Å². The minimum Gasteiger partial charge on any atom is -0.332 e. The summed E-state index contributed by atoms with van der Waals surface area (Å²) in [6, 6.07) is 2.05. The number of pyridine rings is 1. The molecule has 6 nitrogen and oxygen atoms in total. The van der Waals surface area contributed by atoms with Crippen LogP contribution >= 0.6 is 11.3 Å². The summed E-state index contributed by atoms with van der Waals surface area (Å²) in [6.07, 6.45) is 6.05. The first kappa shape index (κ1) is 18.6. The van der Waals surface area contributed by atoms with Crippen molar-refractivity contribution in [1.82, 2.24) is 9.08 Å². The number of aromatic nitrogens is 2. The fourth-order valence-electron chi connectivity index (χ4n) is 4.70. The van der Waals surface area contributed by atoms with Gasteiger partial charge in [-0.05, 0) is 74.6 Å². The minimum atomic E-state index is -0.725. The van der Waals surface area contributed by atoms with Gasteiger partial charge in [-0.3, -0.25) is 9.20 Å². The number of halogens is 1. The van der Waals surface area contributed by atoms with E-state index >= 15 is 4.39 Å². The van der Waals surface area contributed by atoms with Gasteiger partial charge in [0.15, 0.2) is 0 Å². The highest BCUT2D eigenvalue weighted by atomic mass is 32.1. The molecule has 8 heteroatoms. The summed E-state index contributed by atoms with van der Waals surface area (Å²) < 4.78 is 17.1. The maximum absolute atomic E-state index is 15.3. The van der Waals surface area contributed by atoms with Gasteiger partial charge < -0.3 is 11.6 Å². The van der Waals surface area contributed by atoms with Gasteiger partial charge in [0.05, 0.1) is 11.7 Å². The summed E-state index contributed by atoms with van der Waals surface area (Å²) in [6.45, 7) is 2.37. The zero-order valence-corrected chi connectivity index (χ0v) is 17.0. The van der Waals surface area contributed by atoms with Gasteiger partial charge in [0.1, 0.15) is 5.82 Å². The van der Waals surface area contributed by atoms with Crippen LogP contribution in [0.25, 0.3) is 16.0 Å². The first-order valence-electron chi connectivity index (χ1n) is 10.0. The minimum absolute atomic E-state index is 0.0723. The molecular formula is C21H23FN4O2S. The van der Waals surface area contributed by atoms with E-state index in [1.165, 1.54) is 21.0 Å². The van der Waals surface area contributed by atoms with E-state index in [1.807, 2.05) is 0 Å². The van der Waals surface area contributed by atoms with Crippen molar-refractivity contribution < 1.29 is 4.39 Å². The lowest BCUT2D eigenvalue weighted by molar-refractivity contribution is 0.567. The highest BCUT2D eigenvalue weighted by molar-refractivity contribution is 7.15. The molecule has 0 amide bonds. The molecule has 3 aromatic rings. The largest absolute Gasteiger partial charge is 0.354 e. The number of rotatable bonds is 3. The molecule has 0 spiro atoms. The Hall–Kier alpha value is -2.45. The topological polar surface area (TPSA) is 95.5 Å². The van der Waals surface area contributed by atoms with Gasteiger partial charge in [-0.2, -0.15) is 4.68 Å². The fraction of sp³-hybridized carbons (Fsp3) is 0.429. The Bertz CT molecular complexity index is 1270. The molecule has 0 aromatic carbocycles. The van der Waals surface area contributed by atoms with Crippen LogP contribution in [0.1, 0.15) is 59.1 Å². The molecule has 1 unspecified atom stereocenters. The molecular weight excluding hydrogens is 391 g/mol. The molecule has 0 radical (unpaired) electrons. The van der Waals surface area contributed by atoms with Crippen molar-refractivity contribution in [2.24, 2.45) is 5.73 Å². The summed E-state index contributed by atoms with van der Waals surface area (Å²) >= 11 is 1.59. The van der Waals surface area contributed by atoms with Crippen LogP contribution in [0.4, 0.5) is 4.39 Å². The molecule has 1 saturated carbocycles. The smallest absolute Gasteiger partial charge is 0.332 e. The summed E-state index contributed by atoms with van der Waals surface area (Å²) in [4.78, 5) is 27.4. The molecule has 5 rings (SSSR count). The maximum atomic E-state index is 15.3. The Morgan fingerprint density at radius 1 is 1.28 bits per heavy atom. The SMILES string of the molecule is Cc1c(-c2cc3c(s2)CCCC3CN)c(F)cn2c(=O)n(N)c(=O)c(C3CC3)c12. The molecule has 0 saturated heterocycles. The summed E-state index contributed by atoms with van der Waals surface area (Å²) in [5.74, 6) is 5.59. The average Bonchev–Trinajstić information content (AvgIpc) is 3.45. The van der Waals surface area contributed by atoms with E-state index in [-0.39, 0.29) is 5.92 Å². The number of fused-ring (bicyclic) bond motifs is 2. The Kier molecular flexibility index (Phi) is 4.18. The Labute approximate surface area is 170 Å². The van der Waals surface area contributed by atoms with Crippen LogP contribution in [0.15, 0.2) is 21.9 Å². The molecule has 3 heterocycles. The second-order valence-electron chi connectivity index (χ2n) is 8.16. The van der Waals surface area contributed by atoms with Gasteiger partial charge in [0.2, 0.25) is 0 Å². The number of nitrogen functional groups attached to an aromatic ring is 1. The van der Waals surface area contributed by atoms with Gasteiger partial charge in [0.25, 0.3) is 5.56 Å². The second kappa shape index (κ2) is 6.53. The third-order valence-corrected chi connectivity index (χ3v) is 7.55. The van der Waals surface area contributed by atoms with Crippen molar-refractivity contribution in [3.63, 3.8) is 0 Å². The van der Waals surface area contributed by atoms with E-state index in [1.54, 1.807) is 18.3 Å². The maximum Gasteiger partial charge on any atom is 0.354 e. The van der Waals surface area contributed by atoms with E-state index in [4.69, 9.17) is 11.6 Å². The fourth-order valence-corrected chi connectivity index (χ4v) is 6.09. The van der Waals surface area contributed by atoms with Crippen LogP contribution in [0, 0.1) is 12.7 Å². The normalized spacial score (nSPS) is 18.9. The molecule has 2 aliphatic carbocycles. The van der Waals surface area contributed by atoms with Crippen molar-refractivity contribution in [1.29, 1.82) is 0 Å². The highest BCUT2D eigenvalue weighted by Gasteiger charge is 2.32. The molecule has 1 fully saturated rings. The van der Waals surface area contributed by atoms with Gasteiger partial charge in [-0.15, -0.1) is 11.3 Å². The third-order valence-electron chi connectivity index (χ3n) is 6.32. The number of thiophene rings is 1. The predicted molar refractivity (Wildman–Crippen MR) is 113 cm³/mol. The second-order valence-corrected chi connectivity index (χ2v) is 9.29. The Balaban J connectivity index is 1.82. The number of aryl methyl sites for hydroxylation is 2. The Morgan fingerprint density at radius 2 is 2.03 bits per heavy atom. The quantitative estimate of drug-likeness (QED) is 0.644. The highest BCUT2D eigenvalue weighted by Crippen LogP contribution is 2.45. The van der Waals surface area contributed by atoms with Crippen molar-refractivity contribution in [3.05, 3.63) is 60.5 Å². The lowest BCUT2D eigenvalue weighted by Gasteiger charge is -2.20. The molecule has 3 aromatic heterocycles. The van der Waals surface area contributed by atoms with E-state index < -0.39 is 17.1 Å². The molecule has 0 aliphatic heterocycles. The zero-order valence-electron chi connectivity index (χ0n) is 16.2. The Morgan fingerprint density at radius 3 is 2.72 bits per heavy atom. The van der Waals surface area contributed by atoms with Gasteiger partial charge in [-0.25, -0.2) is 9.18 Å². The van der Waals surface area contributed by atoms with Gasteiger partial charge >= 0.3 is 5.69 Å². The van der Waals surface area contributed by atoms with Crippen LogP contribution in [-0.2, 0) is 6.42 Å². The number of hydrogen-bond acceptors (Lipinski definition) is 5. The molecule has 0 bridgehead atoms. The monoisotopic (exact) mass is 414 g/mol. The zero-order chi connectivity index (χ0) is 20.4. The molecule has 1 atom stereocenters.